The van der Waals surface area contributed by atoms with Gasteiger partial charge >= 0.3 is 6.03 Å². The minimum absolute atomic E-state index is 0.212. The fraction of sp³-hybridized carbons (Fsp3) is 0.895. The summed E-state index contributed by atoms with van der Waals surface area (Å²) in [6, 6.07) is 0.543. The van der Waals surface area contributed by atoms with Crippen LogP contribution in [0, 0.1) is 5.92 Å². The van der Waals surface area contributed by atoms with E-state index in [0.717, 1.165) is 58.4 Å². The van der Waals surface area contributed by atoms with Crippen molar-refractivity contribution < 1.29 is 9.59 Å². The van der Waals surface area contributed by atoms with E-state index in [1.54, 1.807) is 0 Å². The van der Waals surface area contributed by atoms with Crippen LogP contribution in [-0.2, 0) is 4.79 Å². The van der Waals surface area contributed by atoms with Gasteiger partial charge in [-0.25, -0.2) is 4.79 Å². The van der Waals surface area contributed by atoms with Crippen molar-refractivity contribution >= 4 is 11.9 Å². The number of likely N-dealkylation sites (tertiary alicyclic amines) is 1. The van der Waals surface area contributed by atoms with E-state index in [2.05, 4.69) is 16.7 Å². The second kappa shape index (κ2) is 8.21. The van der Waals surface area contributed by atoms with Crippen LogP contribution in [0.1, 0.15) is 64.7 Å². The predicted molar refractivity (Wildman–Crippen MR) is 94.8 cm³/mol. The third-order valence-corrected chi connectivity index (χ3v) is 6.07. The monoisotopic (exact) mass is 335 g/mol. The van der Waals surface area contributed by atoms with Crippen molar-refractivity contribution in [2.24, 2.45) is 5.92 Å². The van der Waals surface area contributed by atoms with Crippen LogP contribution >= 0.6 is 0 Å². The number of nitrogens with zero attached hydrogens (tertiary/aromatic N) is 3. The highest BCUT2D eigenvalue weighted by molar-refractivity contribution is 5.77. The van der Waals surface area contributed by atoms with E-state index in [1.807, 2.05) is 4.90 Å². The highest BCUT2D eigenvalue weighted by Gasteiger charge is 2.35. The fourth-order valence-corrected chi connectivity index (χ4v) is 4.61. The number of hydrogen-bond acceptors (Lipinski definition) is 2. The highest BCUT2D eigenvalue weighted by Crippen LogP contribution is 2.28. The van der Waals surface area contributed by atoms with Gasteiger partial charge in [-0.3, -0.25) is 4.79 Å². The Balaban J connectivity index is 1.44. The Labute approximate surface area is 146 Å². The zero-order valence-corrected chi connectivity index (χ0v) is 15.2. The van der Waals surface area contributed by atoms with E-state index in [4.69, 9.17) is 0 Å². The lowest BCUT2D eigenvalue weighted by molar-refractivity contribution is -0.133. The molecule has 3 amide bonds. The lowest BCUT2D eigenvalue weighted by Gasteiger charge is -2.37. The van der Waals surface area contributed by atoms with E-state index in [1.165, 1.54) is 32.1 Å². The number of carbonyl (C=O) groups is 2. The van der Waals surface area contributed by atoms with Gasteiger partial charge in [0.05, 0.1) is 0 Å². The molecule has 0 atom stereocenters. The molecule has 24 heavy (non-hydrogen) atoms. The Kier molecular flexibility index (Phi) is 6.01. The van der Waals surface area contributed by atoms with Gasteiger partial charge in [0, 0.05) is 45.2 Å². The second-order valence-electron chi connectivity index (χ2n) is 7.78. The molecule has 3 rings (SSSR count). The topological polar surface area (TPSA) is 43.9 Å². The van der Waals surface area contributed by atoms with Gasteiger partial charge in [-0.15, -0.1) is 0 Å². The molecule has 0 aromatic rings. The van der Waals surface area contributed by atoms with E-state index in [9.17, 15) is 9.59 Å². The standard InChI is InChI=1S/C19H33N3O2/c1-2-10-21-13-14-22(19(21)24)17-8-11-20(12-9-17)18(23)15-16-6-4-3-5-7-16/h16-17H,2-15H2,1H3. The van der Waals surface area contributed by atoms with Crippen LogP contribution in [0.25, 0.3) is 0 Å². The summed E-state index contributed by atoms with van der Waals surface area (Å²) in [4.78, 5) is 31.1. The number of urea groups is 1. The first kappa shape index (κ1) is 17.6. The van der Waals surface area contributed by atoms with Crippen LogP contribution in [0.4, 0.5) is 4.79 Å². The Morgan fingerprint density at radius 1 is 1.00 bits per heavy atom. The summed E-state index contributed by atoms with van der Waals surface area (Å²) in [5, 5.41) is 0. The molecule has 1 saturated carbocycles. The number of amides is 3. The lowest BCUT2D eigenvalue weighted by atomic mass is 9.86. The van der Waals surface area contributed by atoms with Gasteiger partial charge in [0.2, 0.25) is 5.91 Å². The molecule has 0 N–H and O–H groups in total. The summed E-state index contributed by atoms with van der Waals surface area (Å²) in [7, 11) is 0. The third-order valence-electron chi connectivity index (χ3n) is 6.07. The van der Waals surface area contributed by atoms with Crippen LogP contribution < -0.4 is 0 Å². The minimum Gasteiger partial charge on any atom is -0.343 e. The Morgan fingerprint density at radius 3 is 2.38 bits per heavy atom. The molecule has 1 aliphatic carbocycles. The summed E-state index contributed by atoms with van der Waals surface area (Å²) in [6.45, 7) is 6.37. The van der Waals surface area contributed by atoms with Crippen molar-refractivity contribution in [2.45, 2.75) is 70.8 Å². The van der Waals surface area contributed by atoms with Crippen LogP contribution in [0.5, 0.6) is 0 Å². The van der Waals surface area contributed by atoms with Gasteiger partial charge in [0.1, 0.15) is 0 Å². The van der Waals surface area contributed by atoms with Crippen LogP contribution in [0.15, 0.2) is 0 Å². The van der Waals surface area contributed by atoms with Gasteiger partial charge in [0.15, 0.2) is 0 Å². The van der Waals surface area contributed by atoms with Crippen molar-refractivity contribution in [3.8, 4) is 0 Å². The molecular weight excluding hydrogens is 302 g/mol. The summed E-state index contributed by atoms with van der Waals surface area (Å²) < 4.78 is 0. The van der Waals surface area contributed by atoms with E-state index >= 15 is 0 Å². The summed E-state index contributed by atoms with van der Waals surface area (Å²) in [5.74, 6) is 0.965. The molecule has 5 heteroatoms. The molecule has 2 heterocycles. The summed E-state index contributed by atoms with van der Waals surface area (Å²) >= 11 is 0. The van der Waals surface area contributed by atoms with Crippen LogP contribution in [0.2, 0.25) is 0 Å². The van der Waals surface area contributed by atoms with Gasteiger partial charge in [-0.2, -0.15) is 0 Å². The average Bonchev–Trinajstić information content (AvgIpc) is 2.97. The first-order valence-electron chi connectivity index (χ1n) is 10.0. The average molecular weight is 335 g/mol. The van der Waals surface area contributed by atoms with Crippen molar-refractivity contribution in [1.82, 2.24) is 14.7 Å². The Hall–Kier alpha value is -1.26. The first-order valence-corrected chi connectivity index (χ1v) is 10.0. The van der Waals surface area contributed by atoms with Crippen LogP contribution in [-0.4, -0.2) is 65.4 Å². The van der Waals surface area contributed by atoms with E-state index in [0.29, 0.717) is 17.9 Å². The molecule has 3 aliphatic rings. The molecule has 0 spiro atoms. The second-order valence-corrected chi connectivity index (χ2v) is 7.78. The molecular formula is C19H33N3O2. The number of hydrogen-bond donors (Lipinski definition) is 0. The maximum Gasteiger partial charge on any atom is 0.320 e. The maximum atomic E-state index is 12.5. The number of rotatable bonds is 5. The number of carbonyl (C=O) groups excluding carboxylic acids is 2. The molecule has 0 aromatic heterocycles. The third kappa shape index (κ3) is 4.04. The largest absolute Gasteiger partial charge is 0.343 e. The van der Waals surface area contributed by atoms with Crippen molar-refractivity contribution in [3.63, 3.8) is 0 Å². The smallest absolute Gasteiger partial charge is 0.320 e. The minimum atomic E-state index is 0.212. The lowest BCUT2D eigenvalue weighted by Crippen LogP contribution is -2.48. The zero-order valence-electron chi connectivity index (χ0n) is 15.2. The maximum absolute atomic E-state index is 12.5. The Morgan fingerprint density at radius 2 is 1.71 bits per heavy atom. The SMILES string of the molecule is CCCN1CCN(C2CCN(C(=O)CC3CCCCC3)CC2)C1=O. The van der Waals surface area contributed by atoms with Gasteiger partial charge in [0.25, 0.3) is 0 Å². The molecule has 2 aliphatic heterocycles. The Bertz CT molecular complexity index is 440. The zero-order chi connectivity index (χ0) is 16.9. The number of piperidine rings is 1. The first-order chi connectivity index (χ1) is 11.7. The van der Waals surface area contributed by atoms with Gasteiger partial charge < -0.3 is 14.7 Å². The van der Waals surface area contributed by atoms with E-state index in [-0.39, 0.29) is 6.03 Å². The fourth-order valence-electron chi connectivity index (χ4n) is 4.61. The van der Waals surface area contributed by atoms with Crippen LogP contribution in [0.3, 0.4) is 0 Å². The molecule has 3 fully saturated rings. The molecule has 0 unspecified atom stereocenters. The summed E-state index contributed by atoms with van der Waals surface area (Å²) in [5.41, 5.74) is 0. The van der Waals surface area contributed by atoms with Gasteiger partial charge in [-0.05, 0) is 38.0 Å². The van der Waals surface area contributed by atoms with Crippen molar-refractivity contribution in [3.05, 3.63) is 0 Å². The molecule has 136 valence electrons. The quantitative estimate of drug-likeness (QED) is 0.775. The molecule has 0 bridgehead atoms. The molecule has 0 aromatic carbocycles. The predicted octanol–water partition coefficient (Wildman–Crippen LogP) is 3.10. The van der Waals surface area contributed by atoms with Gasteiger partial charge in [-0.1, -0.05) is 26.2 Å². The van der Waals surface area contributed by atoms with Crippen molar-refractivity contribution in [1.29, 1.82) is 0 Å². The molecule has 0 radical (unpaired) electrons. The molecule has 5 nitrogen and oxygen atoms in total. The van der Waals surface area contributed by atoms with E-state index < -0.39 is 0 Å². The normalized spacial score (nSPS) is 24.0. The van der Waals surface area contributed by atoms with Crippen molar-refractivity contribution in [2.75, 3.05) is 32.7 Å². The highest BCUT2D eigenvalue weighted by atomic mass is 16.2. The molecule has 2 saturated heterocycles. The summed E-state index contributed by atoms with van der Waals surface area (Å²) in [6.07, 6.45) is 10.1.